The Morgan fingerprint density at radius 2 is 1.47 bits per heavy atom. The van der Waals surface area contributed by atoms with Crippen LogP contribution < -0.4 is 0 Å². The number of hydrogen-bond acceptors (Lipinski definition) is 1. The third-order valence-electron chi connectivity index (χ3n) is 2.14. The lowest BCUT2D eigenvalue weighted by Gasteiger charge is -2.05. The zero-order valence-electron chi connectivity index (χ0n) is 7.89. The maximum absolute atomic E-state index is 11.3. The first-order valence-electron chi connectivity index (χ1n) is 4.51. The molecule has 0 spiro atoms. The van der Waals surface area contributed by atoms with E-state index < -0.39 is 10.0 Å². The van der Waals surface area contributed by atoms with Crippen molar-refractivity contribution in [2.75, 3.05) is 0 Å². The normalized spacial score (nSPS) is 12.3. The van der Waals surface area contributed by atoms with Gasteiger partial charge in [-0.1, -0.05) is 48.5 Å². The first kappa shape index (κ1) is 10.4. The van der Waals surface area contributed by atoms with Crippen LogP contribution in [0.5, 0.6) is 0 Å². The van der Waals surface area contributed by atoms with Crippen molar-refractivity contribution in [2.24, 2.45) is 0 Å². The first-order valence-corrected chi connectivity index (χ1v) is 6.49. The summed E-state index contributed by atoms with van der Waals surface area (Å²) in [6.45, 7) is 0. The number of hydrogen-bond donors (Lipinski definition) is 0. The molecule has 1 atom stereocenters. The van der Waals surface area contributed by atoms with Gasteiger partial charge in [-0.3, -0.25) is 0 Å². The predicted octanol–water partition coefficient (Wildman–Crippen LogP) is 3.62. The summed E-state index contributed by atoms with van der Waals surface area (Å²) in [5.41, 5.74) is 1.95. The third-order valence-corrected chi connectivity index (χ3v) is 3.35. The van der Waals surface area contributed by atoms with Crippen molar-refractivity contribution in [1.29, 1.82) is 0 Å². The second-order valence-electron chi connectivity index (χ2n) is 3.09. The van der Waals surface area contributed by atoms with E-state index in [-0.39, 0.29) is 0 Å². The van der Waals surface area contributed by atoms with Gasteiger partial charge in [0.1, 0.15) is 10.0 Å². The van der Waals surface area contributed by atoms with Crippen molar-refractivity contribution >= 4 is 20.7 Å². The van der Waals surface area contributed by atoms with Gasteiger partial charge in [-0.25, -0.2) is 4.21 Å². The SMILES string of the molecule is O=S(Cl)c1ccccc1-c1ccccc1. The monoisotopic (exact) mass is 236 g/mol. The fraction of sp³-hybridized carbons (Fsp3) is 0. The van der Waals surface area contributed by atoms with Crippen LogP contribution in [-0.2, 0) is 10.0 Å². The van der Waals surface area contributed by atoms with E-state index in [0.717, 1.165) is 11.1 Å². The maximum atomic E-state index is 11.3. The second-order valence-corrected chi connectivity index (χ2v) is 4.81. The molecule has 2 aromatic rings. The summed E-state index contributed by atoms with van der Waals surface area (Å²) in [5, 5.41) is 0. The summed E-state index contributed by atoms with van der Waals surface area (Å²) in [6, 6.07) is 17.2. The second kappa shape index (κ2) is 4.60. The van der Waals surface area contributed by atoms with E-state index >= 15 is 0 Å². The van der Waals surface area contributed by atoms with Crippen LogP contribution in [0.4, 0.5) is 0 Å². The maximum Gasteiger partial charge on any atom is 0.148 e. The van der Waals surface area contributed by atoms with Gasteiger partial charge >= 0.3 is 0 Å². The molecule has 0 heterocycles. The van der Waals surface area contributed by atoms with Crippen LogP contribution in [0.3, 0.4) is 0 Å². The summed E-state index contributed by atoms with van der Waals surface area (Å²) in [4.78, 5) is 0.658. The molecule has 3 heteroatoms. The Kier molecular flexibility index (Phi) is 3.19. The summed E-state index contributed by atoms with van der Waals surface area (Å²) < 4.78 is 11.3. The molecule has 0 saturated heterocycles. The Bertz CT molecular complexity index is 482. The minimum absolute atomic E-state index is 0.658. The summed E-state index contributed by atoms with van der Waals surface area (Å²) in [7, 11) is 4.16. The molecule has 2 aromatic carbocycles. The highest BCUT2D eigenvalue weighted by atomic mass is 35.7. The molecule has 0 aliphatic rings. The highest BCUT2D eigenvalue weighted by Crippen LogP contribution is 2.26. The highest BCUT2D eigenvalue weighted by Gasteiger charge is 2.07. The van der Waals surface area contributed by atoms with Crippen molar-refractivity contribution in [3.05, 3.63) is 54.6 Å². The minimum atomic E-state index is -1.47. The zero-order chi connectivity index (χ0) is 10.7. The van der Waals surface area contributed by atoms with E-state index in [1.54, 1.807) is 6.07 Å². The molecule has 0 fully saturated rings. The van der Waals surface area contributed by atoms with Crippen LogP contribution in [0, 0.1) is 0 Å². The molecule has 0 radical (unpaired) electrons. The first-order chi connectivity index (χ1) is 7.29. The molecule has 1 nitrogen and oxygen atoms in total. The van der Waals surface area contributed by atoms with Gasteiger partial charge in [0.25, 0.3) is 0 Å². The molecule has 76 valence electrons. The van der Waals surface area contributed by atoms with Crippen molar-refractivity contribution < 1.29 is 4.21 Å². The molecule has 0 aliphatic heterocycles. The molecular weight excluding hydrogens is 228 g/mol. The smallest absolute Gasteiger partial charge is 0.148 e. The lowest BCUT2D eigenvalue weighted by atomic mass is 10.1. The fourth-order valence-electron chi connectivity index (χ4n) is 1.46. The largest absolute Gasteiger partial charge is 0.237 e. The number of rotatable bonds is 2. The molecule has 0 bridgehead atoms. The van der Waals surface area contributed by atoms with Gasteiger partial charge in [0, 0.05) is 0 Å². The average Bonchev–Trinajstić information content (AvgIpc) is 2.30. The topological polar surface area (TPSA) is 17.1 Å². The fourth-order valence-corrected chi connectivity index (χ4v) is 2.41. The molecule has 15 heavy (non-hydrogen) atoms. The quantitative estimate of drug-likeness (QED) is 0.728. The van der Waals surface area contributed by atoms with Gasteiger partial charge < -0.3 is 0 Å². The van der Waals surface area contributed by atoms with E-state index in [4.69, 9.17) is 10.7 Å². The van der Waals surface area contributed by atoms with Gasteiger partial charge in [0.15, 0.2) is 0 Å². The minimum Gasteiger partial charge on any atom is -0.237 e. The molecule has 0 aromatic heterocycles. The lowest BCUT2D eigenvalue weighted by Crippen LogP contribution is -1.87. The third kappa shape index (κ3) is 2.28. The van der Waals surface area contributed by atoms with Crippen molar-refractivity contribution in [2.45, 2.75) is 4.90 Å². The summed E-state index contributed by atoms with van der Waals surface area (Å²) in [5.74, 6) is 0. The number of halogens is 1. The van der Waals surface area contributed by atoms with Crippen molar-refractivity contribution in [3.63, 3.8) is 0 Å². The Morgan fingerprint density at radius 1 is 0.867 bits per heavy atom. The van der Waals surface area contributed by atoms with Gasteiger partial charge in [0.05, 0.1) is 4.90 Å². The van der Waals surface area contributed by atoms with Gasteiger partial charge in [-0.2, -0.15) is 0 Å². The summed E-state index contributed by atoms with van der Waals surface area (Å²) >= 11 is 0. The Hall–Kier alpha value is -1.12. The van der Waals surface area contributed by atoms with Crippen LogP contribution >= 0.6 is 10.7 Å². The van der Waals surface area contributed by atoms with E-state index in [9.17, 15) is 4.21 Å². The standard InChI is InChI=1S/C12H9ClOS/c13-15(14)12-9-5-4-8-11(12)10-6-2-1-3-7-10/h1-9H. The zero-order valence-corrected chi connectivity index (χ0v) is 9.46. The molecule has 0 N–H and O–H groups in total. The number of benzene rings is 2. The van der Waals surface area contributed by atoms with E-state index in [1.807, 2.05) is 48.5 Å². The van der Waals surface area contributed by atoms with Crippen LogP contribution in [0.2, 0.25) is 0 Å². The van der Waals surface area contributed by atoms with E-state index in [0.29, 0.717) is 4.90 Å². The molecular formula is C12H9ClOS. The Labute approximate surface area is 95.7 Å². The highest BCUT2D eigenvalue weighted by molar-refractivity contribution is 8.08. The van der Waals surface area contributed by atoms with E-state index in [2.05, 4.69) is 0 Å². The molecule has 0 aliphatic carbocycles. The Balaban J connectivity index is 2.58. The predicted molar refractivity (Wildman–Crippen MR) is 64.1 cm³/mol. The molecule has 1 unspecified atom stereocenters. The van der Waals surface area contributed by atoms with Gasteiger partial charge in [-0.05, 0) is 27.9 Å². The molecule has 0 amide bonds. The van der Waals surface area contributed by atoms with Gasteiger partial charge in [-0.15, -0.1) is 0 Å². The van der Waals surface area contributed by atoms with Crippen LogP contribution in [0.15, 0.2) is 59.5 Å². The lowest BCUT2D eigenvalue weighted by molar-refractivity contribution is 0.691. The molecule has 2 rings (SSSR count). The van der Waals surface area contributed by atoms with Crippen molar-refractivity contribution in [3.8, 4) is 11.1 Å². The van der Waals surface area contributed by atoms with Crippen LogP contribution in [0.1, 0.15) is 0 Å². The summed E-state index contributed by atoms with van der Waals surface area (Å²) in [6.07, 6.45) is 0. The van der Waals surface area contributed by atoms with Crippen molar-refractivity contribution in [1.82, 2.24) is 0 Å². The van der Waals surface area contributed by atoms with Crippen LogP contribution in [-0.4, -0.2) is 4.21 Å². The molecule has 0 saturated carbocycles. The average molecular weight is 237 g/mol. The Morgan fingerprint density at radius 3 is 2.13 bits per heavy atom. The van der Waals surface area contributed by atoms with E-state index in [1.165, 1.54) is 0 Å². The van der Waals surface area contributed by atoms with Crippen LogP contribution in [0.25, 0.3) is 11.1 Å². The van der Waals surface area contributed by atoms with Gasteiger partial charge in [0.2, 0.25) is 0 Å².